The van der Waals surface area contributed by atoms with E-state index in [-0.39, 0.29) is 6.17 Å². The van der Waals surface area contributed by atoms with E-state index in [0.29, 0.717) is 0 Å². The van der Waals surface area contributed by atoms with Crippen LogP contribution >= 0.6 is 11.6 Å². The van der Waals surface area contributed by atoms with Gasteiger partial charge in [-0.25, -0.2) is 9.98 Å². The van der Waals surface area contributed by atoms with Crippen LogP contribution < -0.4 is 5.32 Å². The third-order valence-electron chi connectivity index (χ3n) is 2.81. The lowest BCUT2D eigenvalue weighted by Crippen LogP contribution is -2.27. The average molecular weight is 286 g/mol. The predicted octanol–water partition coefficient (Wildman–Crippen LogP) is 3.62. The maximum atomic E-state index is 4.64. The van der Waals surface area contributed by atoms with Crippen LogP contribution in [0.3, 0.4) is 0 Å². The lowest BCUT2D eigenvalue weighted by molar-refractivity contribution is 0.762. The zero-order valence-corrected chi connectivity index (χ0v) is 12.0. The summed E-state index contributed by atoms with van der Waals surface area (Å²) >= 11 is 4.64. The Morgan fingerprint density at radius 2 is 1.50 bits per heavy atom. The fourth-order valence-electron chi connectivity index (χ4n) is 1.90. The summed E-state index contributed by atoms with van der Waals surface area (Å²) in [6.07, 6.45) is 3.04. The molecule has 0 saturated heterocycles. The van der Waals surface area contributed by atoms with Crippen molar-refractivity contribution in [3.8, 4) is 0 Å². The topological polar surface area (TPSA) is 36.8 Å². The van der Waals surface area contributed by atoms with Crippen LogP contribution in [0.1, 0.15) is 17.3 Å². The third-order valence-corrected chi connectivity index (χ3v) is 2.81. The standard InChI is InChI=1S/C15H13N3.CH3Cl/c1-3-7-12(8-4-1)14-16-11-17-15(18-14)13-9-5-2-6-10-13;1-2/h1-11,14H,(H,16,17,18);1H3. The minimum atomic E-state index is -0.150. The van der Waals surface area contributed by atoms with Crippen LogP contribution in [0.2, 0.25) is 0 Å². The first-order valence-corrected chi connectivity index (χ1v) is 7.03. The van der Waals surface area contributed by atoms with Gasteiger partial charge in [0.25, 0.3) is 0 Å². The Bertz CT molecular complexity index is 579. The number of amidine groups is 1. The van der Waals surface area contributed by atoms with Crippen molar-refractivity contribution in [1.29, 1.82) is 0 Å². The van der Waals surface area contributed by atoms with Gasteiger partial charge in [0.05, 0.1) is 6.34 Å². The Kier molecular flexibility index (Phi) is 5.33. The molecule has 3 nitrogen and oxygen atoms in total. The molecule has 1 atom stereocenters. The summed E-state index contributed by atoms with van der Waals surface area (Å²) in [5, 5.41) is 3.09. The van der Waals surface area contributed by atoms with Gasteiger partial charge in [-0.2, -0.15) is 0 Å². The highest BCUT2D eigenvalue weighted by Gasteiger charge is 2.13. The van der Waals surface area contributed by atoms with Crippen molar-refractivity contribution in [2.45, 2.75) is 6.17 Å². The quantitative estimate of drug-likeness (QED) is 0.841. The van der Waals surface area contributed by atoms with Crippen LogP contribution in [-0.4, -0.2) is 18.6 Å². The Morgan fingerprint density at radius 3 is 2.15 bits per heavy atom. The molecule has 0 spiro atoms. The van der Waals surface area contributed by atoms with Crippen molar-refractivity contribution in [3.05, 3.63) is 71.8 Å². The lowest BCUT2D eigenvalue weighted by Gasteiger charge is -2.16. The van der Waals surface area contributed by atoms with Crippen LogP contribution in [0, 0.1) is 0 Å². The summed E-state index contributed by atoms with van der Waals surface area (Å²) in [5.41, 5.74) is 2.17. The minimum absolute atomic E-state index is 0.150. The number of alkyl halides is 1. The highest BCUT2D eigenvalue weighted by molar-refractivity contribution is 6.15. The summed E-state index contributed by atoms with van der Waals surface area (Å²) in [4.78, 5) is 8.98. The number of rotatable bonds is 2. The number of halogens is 1. The Hall–Kier alpha value is -2.13. The largest absolute Gasteiger partial charge is 0.331 e. The summed E-state index contributed by atoms with van der Waals surface area (Å²) in [6, 6.07) is 20.2. The molecular weight excluding hydrogens is 270 g/mol. The Morgan fingerprint density at radius 1 is 0.900 bits per heavy atom. The predicted molar refractivity (Wildman–Crippen MR) is 85.6 cm³/mol. The first kappa shape index (κ1) is 14.3. The van der Waals surface area contributed by atoms with Gasteiger partial charge in [-0.1, -0.05) is 60.7 Å². The number of hydrogen-bond donors (Lipinski definition) is 1. The number of nitrogens with zero attached hydrogens (tertiary/aromatic N) is 2. The SMILES string of the molecule is C1=NC(c2ccccc2)N=C(c2ccccc2)N1.CCl. The fraction of sp³-hybridized carbons (Fsp3) is 0.125. The highest BCUT2D eigenvalue weighted by Crippen LogP contribution is 2.20. The molecule has 0 saturated carbocycles. The van der Waals surface area contributed by atoms with E-state index in [9.17, 15) is 0 Å². The van der Waals surface area contributed by atoms with E-state index < -0.39 is 0 Å². The van der Waals surface area contributed by atoms with E-state index in [4.69, 9.17) is 0 Å². The Balaban J connectivity index is 0.000000704. The first-order valence-electron chi connectivity index (χ1n) is 6.27. The molecule has 1 aliphatic rings. The molecule has 1 unspecified atom stereocenters. The van der Waals surface area contributed by atoms with E-state index in [1.165, 1.54) is 6.38 Å². The zero-order valence-electron chi connectivity index (χ0n) is 11.2. The second kappa shape index (κ2) is 7.46. The van der Waals surface area contributed by atoms with E-state index >= 15 is 0 Å². The van der Waals surface area contributed by atoms with Gasteiger partial charge in [0.2, 0.25) is 0 Å². The van der Waals surface area contributed by atoms with E-state index in [2.05, 4.69) is 26.9 Å². The summed E-state index contributed by atoms with van der Waals surface area (Å²) in [6.45, 7) is 0. The maximum absolute atomic E-state index is 4.64. The fourth-order valence-corrected chi connectivity index (χ4v) is 1.90. The smallest absolute Gasteiger partial charge is 0.169 e. The summed E-state index contributed by atoms with van der Waals surface area (Å²) in [5.74, 6) is 0.861. The van der Waals surface area contributed by atoms with Gasteiger partial charge in [0.1, 0.15) is 5.84 Å². The summed E-state index contributed by atoms with van der Waals surface area (Å²) in [7, 11) is 0. The summed E-state index contributed by atoms with van der Waals surface area (Å²) < 4.78 is 0. The molecule has 0 aromatic heterocycles. The van der Waals surface area contributed by atoms with Crippen molar-refractivity contribution < 1.29 is 0 Å². The molecule has 0 bridgehead atoms. The molecule has 1 N–H and O–H groups in total. The molecule has 0 aliphatic carbocycles. The zero-order chi connectivity index (χ0) is 14.2. The number of hydrogen-bond acceptors (Lipinski definition) is 3. The van der Waals surface area contributed by atoms with Crippen LogP contribution in [0.4, 0.5) is 0 Å². The molecule has 20 heavy (non-hydrogen) atoms. The lowest BCUT2D eigenvalue weighted by atomic mass is 10.1. The molecule has 4 heteroatoms. The van der Waals surface area contributed by atoms with E-state index in [0.717, 1.165) is 17.0 Å². The molecule has 0 fully saturated rings. The van der Waals surface area contributed by atoms with Gasteiger partial charge >= 0.3 is 0 Å². The van der Waals surface area contributed by atoms with Crippen LogP contribution in [0.25, 0.3) is 0 Å². The normalized spacial score (nSPS) is 16.5. The van der Waals surface area contributed by atoms with Crippen molar-refractivity contribution in [3.63, 3.8) is 0 Å². The van der Waals surface area contributed by atoms with E-state index in [1.54, 1.807) is 6.34 Å². The van der Waals surface area contributed by atoms with Gasteiger partial charge in [-0.15, -0.1) is 11.6 Å². The molecule has 2 aromatic carbocycles. The highest BCUT2D eigenvalue weighted by atomic mass is 35.5. The van der Waals surface area contributed by atoms with Crippen LogP contribution in [-0.2, 0) is 0 Å². The molecule has 0 radical (unpaired) electrons. The third kappa shape index (κ3) is 3.45. The van der Waals surface area contributed by atoms with Gasteiger partial charge in [-0.05, 0) is 5.56 Å². The minimum Gasteiger partial charge on any atom is -0.331 e. The van der Waals surface area contributed by atoms with Crippen molar-refractivity contribution in [2.75, 3.05) is 6.38 Å². The molecule has 0 amide bonds. The van der Waals surface area contributed by atoms with Gasteiger partial charge in [0.15, 0.2) is 6.17 Å². The van der Waals surface area contributed by atoms with Gasteiger partial charge in [-0.3, -0.25) is 0 Å². The van der Waals surface area contributed by atoms with Crippen LogP contribution in [0.5, 0.6) is 0 Å². The molecule has 102 valence electrons. The number of nitrogens with one attached hydrogen (secondary N) is 1. The second-order valence-electron chi connectivity index (χ2n) is 4.05. The van der Waals surface area contributed by atoms with Crippen LogP contribution in [0.15, 0.2) is 70.6 Å². The van der Waals surface area contributed by atoms with E-state index in [1.807, 2.05) is 60.7 Å². The monoisotopic (exact) mass is 285 g/mol. The molecule has 1 heterocycles. The molecule has 1 aliphatic heterocycles. The number of benzene rings is 2. The van der Waals surface area contributed by atoms with Crippen molar-refractivity contribution in [1.82, 2.24) is 5.32 Å². The molecular formula is C16H16ClN3. The van der Waals surface area contributed by atoms with Gasteiger partial charge in [0, 0.05) is 11.9 Å². The first-order chi connectivity index (χ1) is 9.93. The van der Waals surface area contributed by atoms with Gasteiger partial charge < -0.3 is 5.32 Å². The second-order valence-corrected chi connectivity index (χ2v) is 4.05. The Labute approximate surface area is 124 Å². The maximum Gasteiger partial charge on any atom is 0.169 e. The number of aliphatic imine (C=N–C) groups is 2. The average Bonchev–Trinajstić information content (AvgIpc) is 2.58. The van der Waals surface area contributed by atoms with Crippen molar-refractivity contribution >= 4 is 23.8 Å². The molecule has 3 rings (SSSR count). The molecule has 2 aromatic rings. The van der Waals surface area contributed by atoms with Crippen molar-refractivity contribution in [2.24, 2.45) is 9.98 Å².